The van der Waals surface area contributed by atoms with Crippen LogP contribution in [0.4, 0.5) is 0 Å². The van der Waals surface area contributed by atoms with Crippen LogP contribution in [0.25, 0.3) is 0 Å². The summed E-state index contributed by atoms with van der Waals surface area (Å²) in [5, 5.41) is 6.23. The molecule has 2 aliphatic heterocycles. The first kappa shape index (κ1) is 14.3. The quantitative estimate of drug-likeness (QED) is 0.806. The summed E-state index contributed by atoms with van der Waals surface area (Å²) >= 11 is 0. The van der Waals surface area contributed by atoms with Gasteiger partial charge >= 0.3 is 0 Å². The Balaban J connectivity index is 2.05. The largest absolute Gasteiger partial charge is 0.297 e. The van der Waals surface area contributed by atoms with E-state index in [4.69, 9.17) is 0 Å². The van der Waals surface area contributed by atoms with Crippen molar-refractivity contribution in [3.63, 3.8) is 0 Å². The highest BCUT2D eigenvalue weighted by Crippen LogP contribution is 2.34. The Bertz CT molecular complexity index is 264. The van der Waals surface area contributed by atoms with E-state index in [-0.39, 0.29) is 0 Å². The van der Waals surface area contributed by atoms with Crippen LogP contribution < -0.4 is 10.7 Å². The topological polar surface area (TPSA) is 27.3 Å². The zero-order valence-electron chi connectivity index (χ0n) is 12.7. The molecule has 18 heavy (non-hydrogen) atoms. The molecule has 2 heterocycles. The van der Waals surface area contributed by atoms with Crippen molar-refractivity contribution >= 4 is 0 Å². The molecule has 2 fully saturated rings. The third-order valence-electron chi connectivity index (χ3n) is 4.68. The lowest BCUT2D eigenvalue weighted by molar-refractivity contribution is 0.00261. The van der Waals surface area contributed by atoms with Crippen molar-refractivity contribution in [2.45, 2.75) is 59.7 Å². The lowest BCUT2D eigenvalue weighted by atomic mass is 9.77. The van der Waals surface area contributed by atoms with Crippen LogP contribution in [0.3, 0.4) is 0 Å². The van der Waals surface area contributed by atoms with Gasteiger partial charge in [0.1, 0.15) is 0 Å². The van der Waals surface area contributed by atoms with E-state index < -0.39 is 0 Å². The molecule has 0 aromatic rings. The van der Waals surface area contributed by atoms with Gasteiger partial charge in [0.25, 0.3) is 0 Å². The Morgan fingerprint density at radius 2 is 1.94 bits per heavy atom. The van der Waals surface area contributed by atoms with E-state index in [0.29, 0.717) is 12.2 Å². The summed E-state index contributed by atoms with van der Waals surface area (Å²) in [4.78, 5) is 0. The van der Waals surface area contributed by atoms with E-state index in [9.17, 15) is 0 Å². The van der Waals surface area contributed by atoms with Gasteiger partial charge in [-0.05, 0) is 37.0 Å². The molecule has 4 atom stereocenters. The minimum Gasteiger partial charge on any atom is -0.297 e. The van der Waals surface area contributed by atoms with Gasteiger partial charge in [0.2, 0.25) is 0 Å². The fourth-order valence-electron chi connectivity index (χ4n) is 3.60. The molecule has 0 aromatic carbocycles. The van der Waals surface area contributed by atoms with Gasteiger partial charge in [-0.15, -0.1) is 0 Å². The Morgan fingerprint density at radius 3 is 2.56 bits per heavy atom. The molecule has 2 N–H and O–H groups in total. The zero-order chi connectivity index (χ0) is 13.3. The highest BCUT2D eigenvalue weighted by atomic mass is 15.6. The molecule has 0 aromatic heterocycles. The van der Waals surface area contributed by atoms with Crippen LogP contribution >= 0.6 is 0 Å². The Hall–Kier alpha value is -0.120. The Kier molecular flexibility index (Phi) is 4.68. The maximum absolute atomic E-state index is 3.78. The SMILES string of the molecule is CC(C)CCC1C(C(C)C)CNN2CC(C)NC12. The number of nitrogens with zero attached hydrogens (tertiary/aromatic N) is 1. The van der Waals surface area contributed by atoms with Gasteiger partial charge in [0.05, 0.1) is 6.17 Å². The first-order valence-electron chi connectivity index (χ1n) is 7.75. The van der Waals surface area contributed by atoms with Crippen LogP contribution in [0.1, 0.15) is 47.5 Å². The predicted octanol–water partition coefficient (Wildman–Crippen LogP) is 2.45. The average molecular weight is 253 g/mol. The van der Waals surface area contributed by atoms with Gasteiger partial charge in [-0.3, -0.25) is 10.7 Å². The summed E-state index contributed by atoms with van der Waals surface area (Å²) in [6.07, 6.45) is 3.28. The molecule has 106 valence electrons. The van der Waals surface area contributed by atoms with Crippen LogP contribution in [-0.4, -0.2) is 30.3 Å². The lowest BCUT2D eigenvalue weighted by Crippen LogP contribution is -2.59. The summed E-state index contributed by atoms with van der Waals surface area (Å²) in [6.45, 7) is 14.0. The molecule has 0 spiro atoms. The normalized spacial score (nSPS) is 37.5. The van der Waals surface area contributed by atoms with Gasteiger partial charge in [0.15, 0.2) is 0 Å². The van der Waals surface area contributed by atoms with Crippen molar-refractivity contribution in [3.8, 4) is 0 Å². The standard InChI is InChI=1S/C15H31N3/c1-10(2)6-7-13-14(11(3)4)8-16-18-9-12(5)17-15(13)18/h10-17H,6-9H2,1-5H3. The van der Waals surface area contributed by atoms with Gasteiger partial charge < -0.3 is 0 Å². The summed E-state index contributed by atoms with van der Waals surface area (Å²) in [6, 6.07) is 0.620. The molecule has 0 bridgehead atoms. The Morgan fingerprint density at radius 1 is 1.22 bits per heavy atom. The van der Waals surface area contributed by atoms with E-state index >= 15 is 0 Å². The summed E-state index contributed by atoms with van der Waals surface area (Å²) in [7, 11) is 0. The van der Waals surface area contributed by atoms with E-state index in [1.54, 1.807) is 0 Å². The molecule has 0 saturated carbocycles. The van der Waals surface area contributed by atoms with Crippen molar-refractivity contribution in [2.24, 2.45) is 23.7 Å². The monoisotopic (exact) mass is 253 g/mol. The highest BCUT2D eigenvalue weighted by Gasteiger charge is 2.42. The van der Waals surface area contributed by atoms with E-state index in [1.807, 2.05) is 0 Å². The summed E-state index contributed by atoms with van der Waals surface area (Å²) < 4.78 is 0. The number of rotatable bonds is 4. The zero-order valence-corrected chi connectivity index (χ0v) is 12.7. The molecular formula is C15H31N3. The highest BCUT2D eigenvalue weighted by molar-refractivity contribution is 4.94. The summed E-state index contributed by atoms with van der Waals surface area (Å²) in [5.41, 5.74) is 3.63. The first-order valence-corrected chi connectivity index (χ1v) is 7.75. The van der Waals surface area contributed by atoms with Gasteiger partial charge in [-0.1, -0.05) is 34.1 Å². The van der Waals surface area contributed by atoms with Crippen molar-refractivity contribution in [1.29, 1.82) is 0 Å². The summed E-state index contributed by atoms with van der Waals surface area (Å²) in [5.74, 6) is 3.20. The van der Waals surface area contributed by atoms with Crippen LogP contribution in [0, 0.1) is 23.7 Å². The van der Waals surface area contributed by atoms with Gasteiger partial charge in [-0.25, -0.2) is 5.01 Å². The first-order chi connectivity index (χ1) is 8.49. The van der Waals surface area contributed by atoms with Gasteiger partial charge in [0, 0.05) is 19.1 Å². The van der Waals surface area contributed by atoms with Crippen molar-refractivity contribution in [3.05, 3.63) is 0 Å². The molecule has 2 saturated heterocycles. The molecular weight excluding hydrogens is 222 g/mol. The van der Waals surface area contributed by atoms with Crippen molar-refractivity contribution in [2.75, 3.05) is 13.1 Å². The number of hydrazine groups is 1. The fraction of sp³-hybridized carbons (Fsp3) is 1.00. The lowest BCUT2D eigenvalue weighted by Gasteiger charge is -2.44. The maximum Gasteiger partial charge on any atom is 0.0767 e. The third-order valence-corrected chi connectivity index (χ3v) is 4.68. The smallest absolute Gasteiger partial charge is 0.0767 e. The molecule has 3 nitrogen and oxygen atoms in total. The second kappa shape index (κ2) is 5.89. The van der Waals surface area contributed by atoms with Crippen LogP contribution in [0.2, 0.25) is 0 Å². The number of hydrogen-bond acceptors (Lipinski definition) is 3. The molecule has 3 heteroatoms. The minimum absolute atomic E-state index is 0.555. The minimum atomic E-state index is 0.555. The second-order valence-electron chi connectivity index (χ2n) is 7.07. The molecule has 4 unspecified atom stereocenters. The van der Waals surface area contributed by atoms with E-state index in [2.05, 4.69) is 50.4 Å². The van der Waals surface area contributed by atoms with Gasteiger partial charge in [-0.2, -0.15) is 0 Å². The van der Waals surface area contributed by atoms with E-state index in [0.717, 1.165) is 36.8 Å². The van der Waals surface area contributed by atoms with Crippen LogP contribution in [-0.2, 0) is 0 Å². The van der Waals surface area contributed by atoms with Crippen LogP contribution in [0.5, 0.6) is 0 Å². The van der Waals surface area contributed by atoms with Crippen LogP contribution in [0.15, 0.2) is 0 Å². The third kappa shape index (κ3) is 3.06. The molecule has 0 aliphatic carbocycles. The number of nitrogens with one attached hydrogen (secondary N) is 2. The predicted molar refractivity (Wildman–Crippen MR) is 77.0 cm³/mol. The molecule has 0 radical (unpaired) electrons. The average Bonchev–Trinajstić information content (AvgIpc) is 2.65. The fourth-order valence-corrected chi connectivity index (χ4v) is 3.60. The second-order valence-corrected chi connectivity index (χ2v) is 7.07. The molecule has 2 aliphatic rings. The Labute approximate surface area is 113 Å². The van der Waals surface area contributed by atoms with E-state index in [1.165, 1.54) is 12.8 Å². The maximum atomic E-state index is 3.78. The molecule has 0 amide bonds. The number of hydrogen-bond donors (Lipinski definition) is 2. The van der Waals surface area contributed by atoms with Crippen molar-refractivity contribution < 1.29 is 0 Å². The van der Waals surface area contributed by atoms with Crippen molar-refractivity contribution in [1.82, 2.24) is 15.8 Å². The molecule has 2 rings (SSSR count). The number of fused-ring (bicyclic) bond motifs is 1.